The van der Waals surface area contributed by atoms with Crippen molar-refractivity contribution in [3.05, 3.63) is 47.7 Å². The molecule has 5 nitrogen and oxygen atoms in total. The van der Waals surface area contributed by atoms with Crippen molar-refractivity contribution in [1.82, 2.24) is 20.6 Å². The van der Waals surface area contributed by atoms with E-state index in [9.17, 15) is 0 Å². The minimum absolute atomic E-state index is 0.132. The molecule has 3 N–H and O–H groups in total. The van der Waals surface area contributed by atoms with Gasteiger partial charge < -0.3 is 16.0 Å². The Morgan fingerprint density at radius 2 is 2.26 bits per heavy atom. The van der Waals surface area contributed by atoms with Crippen LogP contribution >= 0.6 is 0 Å². The van der Waals surface area contributed by atoms with E-state index in [1.54, 1.807) is 0 Å². The molecule has 19 heavy (non-hydrogen) atoms. The Balaban J connectivity index is 1.99. The molecule has 0 radical (unpaired) electrons. The van der Waals surface area contributed by atoms with Crippen LogP contribution < -0.4 is 16.0 Å². The number of rotatable bonds is 3. The quantitative estimate of drug-likeness (QED) is 0.762. The van der Waals surface area contributed by atoms with Gasteiger partial charge in [0.1, 0.15) is 12.0 Å². The van der Waals surface area contributed by atoms with Crippen LogP contribution in [-0.2, 0) is 6.42 Å². The fourth-order valence-corrected chi connectivity index (χ4v) is 2.33. The Morgan fingerprint density at radius 1 is 1.37 bits per heavy atom. The van der Waals surface area contributed by atoms with E-state index in [0.29, 0.717) is 0 Å². The Hall–Kier alpha value is -2.30. The normalized spacial score (nSPS) is 20.0. The van der Waals surface area contributed by atoms with Gasteiger partial charge in [0.25, 0.3) is 0 Å². The molecule has 2 aliphatic rings. The van der Waals surface area contributed by atoms with Crippen LogP contribution in [0.5, 0.6) is 0 Å². The first kappa shape index (κ1) is 11.8. The van der Waals surface area contributed by atoms with Gasteiger partial charge in [-0.05, 0) is 18.7 Å². The van der Waals surface area contributed by atoms with Crippen LogP contribution in [0.25, 0.3) is 5.57 Å². The van der Waals surface area contributed by atoms with E-state index in [-0.39, 0.29) is 6.17 Å². The lowest BCUT2D eigenvalue weighted by Crippen LogP contribution is -2.35. The number of hydrogen-bond donors (Lipinski definition) is 3. The van der Waals surface area contributed by atoms with Gasteiger partial charge in [0.05, 0.1) is 0 Å². The number of nitrogens with one attached hydrogen (secondary N) is 3. The van der Waals surface area contributed by atoms with Crippen molar-refractivity contribution >= 4 is 11.4 Å². The van der Waals surface area contributed by atoms with Crippen LogP contribution in [0.15, 0.2) is 36.3 Å². The summed E-state index contributed by atoms with van der Waals surface area (Å²) in [6.07, 6.45) is 10.9. The van der Waals surface area contributed by atoms with Crippen LogP contribution in [-0.4, -0.2) is 23.2 Å². The fraction of sp³-hybridized carbons (Fsp3) is 0.286. The third-order valence-electron chi connectivity index (χ3n) is 3.37. The number of hydrogen-bond acceptors (Lipinski definition) is 5. The number of anilines is 1. The molecule has 0 bridgehead atoms. The molecule has 0 aromatic carbocycles. The second-order valence-electron chi connectivity index (χ2n) is 4.48. The molecule has 0 aliphatic carbocycles. The minimum atomic E-state index is 0.132. The Morgan fingerprint density at radius 3 is 3.05 bits per heavy atom. The Bertz CT molecular complexity index is 585. The SMILES string of the molecule is CCc1cnc(C2=CNC3NC=CC=C23)nc1NC. The third-order valence-corrected chi connectivity index (χ3v) is 3.37. The molecule has 0 saturated heterocycles. The number of nitrogens with zero attached hydrogens (tertiary/aromatic N) is 2. The summed E-state index contributed by atoms with van der Waals surface area (Å²) < 4.78 is 0. The monoisotopic (exact) mass is 255 g/mol. The van der Waals surface area contributed by atoms with E-state index < -0.39 is 0 Å². The second-order valence-corrected chi connectivity index (χ2v) is 4.48. The van der Waals surface area contributed by atoms with Crippen molar-refractivity contribution in [2.45, 2.75) is 19.5 Å². The minimum Gasteiger partial charge on any atom is -0.373 e. The van der Waals surface area contributed by atoms with Crippen molar-refractivity contribution < 1.29 is 0 Å². The van der Waals surface area contributed by atoms with Gasteiger partial charge in [-0.1, -0.05) is 13.0 Å². The van der Waals surface area contributed by atoms with Crippen molar-refractivity contribution in [2.24, 2.45) is 0 Å². The highest BCUT2D eigenvalue weighted by Gasteiger charge is 2.26. The Labute approximate surface area is 112 Å². The van der Waals surface area contributed by atoms with E-state index >= 15 is 0 Å². The zero-order chi connectivity index (χ0) is 13.2. The van der Waals surface area contributed by atoms with Crippen LogP contribution in [0.3, 0.4) is 0 Å². The van der Waals surface area contributed by atoms with Gasteiger partial charge in [-0.25, -0.2) is 9.97 Å². The zero-order valence-corrected chi connectivity index (χ0v) is 11.1. The highest BCUT2D eigenvalue weighted by molar-refractivity contribution is 5.80. The van der Waals surface area contributed by atoms with Gasteiger partial charge in [-0.2, -0.15) is 0 Å². The molecular formula is C14H17N5. The maximum absolute atomic E-state index is 4.61. The van der Waals surface area contributed by atoms with Gasteiger partial charge in [-0.15, -0.1) is 0 Å². The van der Waals surface area contributed by atoms with Gasteiger partial charge in [-0.3, -0.25) is 0 Å². The number of aryl methyl sites for hydroxylation is 1. The van der Waals surface area contributed by atoms with E-state index in [4.69, 9.17) is 0 Å². The summed E-state index contributed by atoms with van der Waals surface area (Å²) in [4.78, 5) is 9.09. The summed E-state index contributed by atoms with van der Waals surface area (Å²) in [6.45, 7) is 2.10. The first-order valence-electron chi connectivity index (χ1n) is 6.47. The highest BCUT2D eigenvalue weighted by Crippen LogP contribution is 2.29. The fourth-order valence-electron chi connectivity index (χ4n) is 2.33. The van der Waals surface area contributed by atoms with Gasteiger partial charge in [0, 0.05) is 36.2 Å². The van der Waals surface area contributed by atoms with Gasteiger partial charge in [0.2, 0.25) is 0 Å². The standard InChI is InChI=1S/C14H17N5/c1-3-9-7-17-14(19-12(9)15-2)11-8-18-13-10(11)5-4-6-16-13/h4-8,13,16,18H,3H2,1-2H3,(H,15,17,19). The van der Waals surface area contributed by atoms with Crippen LogP contribution in [0.4, 0.5) is 5.82 Å². The number of dihydropyridines is 1. The molecule has 2 aliphatic heterocycles. The molecule has 5 heteroatoms. The van der Waals surface area contributed by atoms with Crippen molar-refractivity contribution in [3.8, 4) is 0 Å². The topological polar surface area (TPSA) is 61.9 Å². The lowest BCUT2D eigenvalue weighted by atomic mass is 10.0. The summed E-state index contributed by atoms with van der Waals surface area (Å²) in [5.74, 6) is 1.65. The van der Waals surface area contributed by atoms with Crippen molar-refractivity contribution in [2.75, 3.05) is 12.4 Å². The summed E-state index contributed by atoms with van der Waals surface area (Å²) in [7, 11) is 1.89. The molecule has 1 aromatic rings. The summed E-state index contributed by atoms with van der Waals surface area (Å²) in [6, 6.07) is 0. The van der Waals surface area contributed by atoms with Crippen LogP contribution in [0.2, 0.25) is 0 Å². The van der Waals surface area contributed by atoms with E-state index in [1.807, 2.05) is 31.7 Å². The molecule has 0 amide bonds. The highest BCUT2D eigenvalue weighted by atomic mass is 15.1. The van der Waals surface area contributed by atoms with Gasteiger partial charge >= 0.3 is 0 Å². The molecular weight excluding hydrogens is 238 g/mol. The number of fused-ring (bicyclic) bond motifs is 1. The van der Waals surface area contributed by atoms with Crippen LogP contribution in [0.1, 0.15) is 18.3 Å². The molecule has 0 saturated carbocycles. The smallest absolute Gasteiger partial charge is 0.163 e. The largest absolute Gasteiger partial charge is 0.373 e. The predicted octanol–water partition coefficient (Wildman–Crippen LogP) is 1.39. The number of allylic oxidation sites excluding steroid dienone is 2. The van der Waals surface area contributed by atoms with Crippen molar-refractivity contribution in [3.63, 3.8) is 0 Å². The average Bonchev–Trinajstić information content (AvgIpc) is 2.90. The third kappa shape index (κ3) is 1.97. The lowest BCUT2D eigenvalue weighted by molar-refractivity contribution is 0.634. The molecule has 1 unspecified atom stereocenters. The van der Waals surface area contributed by atoms with E-state index in [2.05, 4.69) is 38.9 Å². The average molecular weight is 255 g/mol. The van der Waals surface area contributed by atoms with E-state index in [1.165, 1.54) is 5.57 Å². The second kappa shape index (κ2) is 4.76. The van der Waals surface area contributed by atoms with Gasteiger partial charge in [0.15, 0.2) is 5.82 Å². The molecule has 0 spiro atoms. The van der Waals surface area contributed by atoms with E-state index in [0.717, 1.165) is 29.2 Å². The molecule has 0 fully saturated rings. The Kier molecular flexibility index (Phi) is 2.95. The predicted molar refractivity (Wildman–Crippen MR) is 76.2 cm³/mol. The maximum Gasteiger partial charge on any atom is 0.163 e. The number of aromatic nitrogens is 2. The summed E-state index contributed by atoms with van der Waals surface area (Å²) >= 11 is 0. The maximum atomic E-state index is 4.61. The first-order chi connectivity index (χ1) is 9.33. The summed E-state index contributed by atoms with van der Waals surface area (Å²) in [5, 5.41) is 9.66. The molecule has 1 aromatic heterocycles. The zero-order valence-electron chi connectivity index (χ0n) is 11.1. The molecule has 1 atom stereocenters. The molecule has 3 rings (SSSR count). The molecule has 98 valence electrons. The summed E-state index contributed by atoms with van der Waals surface area (Å²) in [5.41, 5.74) is 3.35. The van der Waals surface area contributed by atoms with Crippen molar-refractivity contribution in [1.29, 1.82) is 0 Å². The lowest BCUT2D eigenvalue weighted by Gasteiger charge is -2.18. The molecule has 3 heterocycles. The van der Waals surface area contributed by atoms with Crippen LogP contribution in [0, 0.1) is 0 Å². The first-order valence-corrected chi connectivity index (χ1v) is 6.47.